The summed E-state index contributed by atoms with van der Waals surface area (Å²) in [6.45, 7) is 2.07. The first-order valence-electron chi connectivity index (χ1n) is 9.01. The predicted octanol–water partition coefficient (Wildman–Crippen LogP) is 4.15. The van der Waals surface area contributed by atoms with Crippen molar-refractivity contribution < 1.29 is 4.79 Å². The van der Waals surface area contributed by atoms with Crippen LogP contribution in [0.3, 0.4) is 0 Å². The van der Waals surface area contributed by atoms with E-state index < -0.39 is 0 Å². The topological polar surface area (TPSA) is 62.5 Å². The van der Waals surface area contributed by atoms with Gasteiger partial charge < -0.3 is 10.2 Å². The molecule has 0 spiro atoms. The van der Waals surface area contributed by atoms with Crippen LogP contribution in [0.5, 0.6) is 0 Å². The van der Waals surface area contributed by atoms with Crippen molar-refractivity contribution >= 4 is 23.1 Å². The highest BCUT2D eigenvalue weighted by Crippen LogP contribution is 2.25. The van der Waals surface area contributed by atoms with Crippen molar-refractivity contribution in [3.63, 3.8) is 0 Å². The van der Waals surface area contributed by atoms with Gasteiger partial charge in [0.05, 0.1) is 11.9 Å². The molecule has 0 unspecified atom stereocenters. The lowest BCUT2D eigenvalue weighted by Crippen LogP contribution is -2.21. The molecule has 0 saturated heterocycles. The number of amides is 1. The van der Waals surface area contributed by atoms with Gasteiger partial charge >= 0.3 is 0 Å². The van der Waals surface area contributed by atoms with Gasteiger partial charge in [-0.2, -0.15) is 0 Å². The zero-order chi connectivity index (χ0) is 19.7. The predicted molar refractivity (Wildman–Crippen MR) is 111 cm³/mol. The maximum Gasteiger partial charge on any atom is 0.253 e. The summed E-state index contributed by atoms with van der Waals surface area (Å²) >= 11 is 0. The molecule has 140 valence electrons. The molecule has 0 saturated carbocycles. The lowest BCUT2D eigenvalue weighted by molar-refractivity contribution is 0.0827. The Morgan fingerprint density at radius 1 is 1.00 bits per heavy atom. The number of nitrogens with one attached hydrogen (secondary N) is 1. The molecule has 6 heteroatoms. The Hall–Kier alpha value is -3.67. The summed E-state index contributed by atoms with van der Waals surface area (Å²) in [5.74, 6) is 0.635. The molecule has 28 heavy (non-hydrogen) atoms. The number of fused-ring (bicyclic) bond motifs is 1. The Morgan fingerprint density at radius 2 is 1.71 bits per heavy atom. The fourth-order valence-corrected chi connectivity index (χ4v) is 3.04. The molecule has 1 amide bonds. The van der Waals surface area contributed by atoms with E-state index in [1.165, 1.54) is 5.56 Å². The van der Waals surface area contributed by atoms with E-state index in [-0.39, 0.29) is 5.91 Å². The van der Waals surface area contributed by atoms with Crippen molar-refractivity contribution in [3.05, 3.63) is 78.2 Å². The largest absolute Gasteiger partial charge is 0.345 e. The third-order valence-electron chi connectivity index (χ3n) is 4.58. The minimum atomic E-state index is -0.0252. The van der Waals surface area contributed by atoms with E-state index >= 15 is 0 Å². The van der Waals surface area contributed by atoms with Crippen LogP contribution in [-0.2, 0) is 0 Å². The summed E-state index contributed by atoms with van der Waals surface area (Å²) in [4.78, 5) is 22.6. The smallest absolute Gasteiger partial charge is 0.253 e. The van der Waals surface area contributed by atoms with E-state index in [1.807, 2.05) is 28.9 Å². The number of benzene rings is 2. The molecule has 6 nitrogen and oxygen atoms in total. The summed E-state index contributed by atoms with van der Waals surface area (Å²) < 4.78 is 2.02. The molecule has 2 aromatic heterocycles. The molecular formula is C22H21N5O. The van der Waals surface area contributed by atoms with Crippen LogP contribution in [0.15, 0.2) is 67.1 Å². The van der Waals surface area contributed by atoms with Gasteiger partial charge in [-0.3, -0.25) is 9.20 Å². The van der Waals surface area contributed by atoms with Crippen molar-refractivity contribution in [1.82, 2.24) is 19.3 Å². The number of hydrogen-bond acceptors (Lipinski definition) is 4. The highest BCUT2D eigenvalue weighted by Gasteiger charge is 2.11. The van der Waals surface area contributed by atoms with Gasteiger partial charge in [0, 0.05) is 43.3 Å². The molecule has 0 radical (unpaired) electrons. The second-order valence-corrected chi connectivity index (χ2v) is 6.88. The lowest BCUT2D eigenvalue weighted by atomic mass is 10.1. The van der Waals surface area contributed by atoms with Crippen LogP contribution in [0.4, 0.5) is 11.5 Å². The molecule has 0 atom stereocenters. The second-order valence-electron chi connectivity index (χ2n) is 6.88. The number of aryl methyl sites for hydroxylation is 1. The fraction of sp³-hybridized carbons (Fsp3) is 0.136. The quantitative estimate of drug-likeness (QED) is 0.585. The molecule has 0 aliphatic heterocycles. The van der Waals surface area contributed by atoms with Crippen LogP contribution in [0.1, 0.15) is 15.9 Å². The maximum absolute atomic E-state index is 12.0. The van der Waals surface area contributed by atoms with Crippen molar-refractivity contribution in [2.24, 2.45) is 0 Å². The Kier molecular flexibility index (Phi) is 4.53. The summed E-state index contributed by atoms with van der Waals surface area (Å²) in [6.07, 6.45) is 5.51. The van der Waals surface area contributed by atoms with Gasteiger partial charge in [-0.05, 0) is 31.2 Å². The van der Waals surface area contributed by atoms with E-state index in [2.05, 4.69) is 46.5 Å². The third kappa shape index (κ3) is 3.32. The minimum Gasteiger partial charge on any atom is -0.345 e. The molecule has 4 aromatic rings. The molecule has 0 bridgehead atoms. The van der Waals surface area contributed by atoms with Crippen molar-refractivity contribution in [2.75, 3.05) is 19.4 Å². The van der Waals surface area contributed by atoms with Crippen molar-refractivity contribution in [2.45, 2.75) is 6.92 Å². The fourth-order valence-electron chi connectivity index (χ4n) is 3.04. The van der Waals surface area contributed by atoms with E-state index in [1.54, 1.807) is 37.3 Å². The van der Waals surface area contributed by atoms with E-state index in [4.69, 9.17) is 0 Å². The van der Waals surface area contributed by atoms with Crippen molar-refractivity contribution in [3.8, 4) is 11.3 Å². The maximum atomic E-state index is 12.0. The standard InChI is InChI=1S/C22H21N5O/c1-15-4-6-16(7-5-15)19-14-24-21-20(23-12-13-27(19)21)25-18-10-8-17(9-11-18)22(28)26(2)3/h4-14H,1-3H3,(H,23,25). The second kappa shape index (κ2) is 7.15. The first-order valence-corrected chi connectivity index (χ1v) is 9.01. The van der Waals surface area contributed by atoms with E-state index in [0.717, 1.165) is 22.6 Å². The Bertz CT molecular complexity index is 1130. The summed E-state index contributed by atoms with van der Waals surface area (Å²) in [5, 5.41) is 3.30. The molecule has 2 aromatic carbocycles. The zero-order valence-electron chi connectivity index (χ0n) is 16.0. The SMILES string of the molecule is Cc1ccc(-c2cnc3c(Nc4ccc(C(=O)N(C)C)cc4)nccn23)cc1. The van der Waals surface area contributed by atoms with Crippen LogP contribution in [0.2, 0.25) is 0 Å². The first-order chi connectivity index (χ1) is 13.5. The highest BCUT2D eigenvalue weighted by molar-refractivity contribution is 5.94. The normalized spacial score (nSPS) is 10.8. The number of anilines is 2. The average molecular weight is 371 g/mol. The van der Waals surface area contributed by atoms with E-state index in [0.29, 0.717) is 11.4 Å². The number of imidazole rings is 1. The van der Waals surface area contributed by atoms with Crippen LogP contribution in [0, 0.1) is 6.92 Å². The monoisotopic (exact) mass is 371 g/mol. The molecule has 0 aliphatic rings. The highest BCUT2D eigenvalue weighted by atomic mass is 16.2. The lowest BCUT2D eigenvalue weighted by Gasteiger charge is -2.11. The van der Waals surface area contributed by atoms with Crippen LogP contribution >= 0.6 is 0 Å². The average Bonchev–Trinajstić information content (AvgIpc) is 3.14. The molecule has 0 aliphatic carbocycles. The Balaban J connectivity index is 1.65. The number of carbonyl (C=O) groups is 1. The van der Waals surface area contributed by atoms with Gasteiger partial charge in [0.2, 0.25) is 0 Å². The molecule has 0 fully saturated rings. The summed E-state index contributed by atoms with van der Waals surface area (Å²) in [6, 6.07) is 15.7. The Labute approximate surface area is 163 Å². The van der Waals surface area contributed by atoms with Gasteiger partial charge in [0.1, 0.15) is 0 Å². The first kappa shape index (κ1) is 17.7. The zero-order valence-corrected chi connectivity index (χ0v) is 16.0. The van der Waals surface area contributed by atoms with Gasteiger partial charge in [-0.15, -0.1) is 0 Å². The van der Waals surface area contributed by atoms with Gasteiger partial charge in [-0.1, -0.05) is 29.8 Å². The van der Waals surface area contributed by atoms with Crippen molar-refractivity contribution in [1.29, 1.82) is 0 Å². The van der Waals surface area contributed by atoms with Crippen LogP contribution in [-0.4, -0.2) is 39.3 Å². The van der Waals surface area contributed by atoms with Gasteiger partial charge in [-0.25, -0.2) is 9.97 Å². The van der Waals surface area contributed by atoms with E-state index in [9.17, 15) is 4.79 Å². The Morgan fingerprint density at radius 3 is 2.39 bits per heavy atom. The number of carbonyl (C=O) groups excluding carboxylic acids is 1. The van der Waals surface area contributed by atoms with Crippen LogP contribution in [0.25, 0.3) is 16.9 Å². The molecule has 1 N–H and O–H groups in total. The number of aromatic nitrogens is 3. The third-order valence-corrected chi connectivity index (χ3v) is 4.58. The molecule has 4 rings (SSSR count). The molecule has 2 heterocycles. The minimum absolute atomic E-state index is 0.0252. The number of hydrogen-bond donors (Lipinski definition) is 1. The van der Waals surface area contributed by atoms with Gasteiger partial charge in [0.15, 0.2) is 11.5 Å². The number of rotatable bonds is 4. The number of nitrogens with zero attached hydrogens (tertiary/aromatic N) is 4. The summed E-state index contributed by atoms with van der Waals surface area (Å²) in [7, 11) is 3.48. The summed E-state index contributed by atoms with van der Waals surface area (Å²) in [5.41, 5.74) is 5.55. The molecular weight excluding hydrogens is 350 g/mol. The van der Waals surface area contributed by atoms with Gasteiger partial charge in [0.25, 0.3) is 5.91 Å². The van der Waals surface area contributed by atoms with Crippen LogP contribution < -0.4 is 5.32 Å².